The minimum absolute atomic E-state index is 0.0581. The highest BCUT2D eigenvalue weighted by Gasteiger charge is 2.50. The van der Waals surface area contributed by atoms with Crippen LogP contribution in [0.3, 0.4) is 0 Å². The van der Waals surface area contributed by atoms with Gasteiger partial charge in [0.25, 0.3) is 8.32 Å². The number of aliphatic imine (C=N–C) groups is 1. The number of benzene rings is 3. The molecule has 0 saturated heterocycles. The second-order valence-electron chi connectivity index (χ2n) is 7.82. The topological polar surface area (TPSA) is 38.7 Å². The fourth-order valence-electron chi connectivity index (χ4n) is 3.67. The van der Waals surface area contributed by atoms with Gasteiger partial charge in [-0.15, -0.1) is 0 Å². The third-order valence-corrected chi connectivity index (χ3v) is 9.97. The summed E-state index contributed by atoms with van der Waals surface area (Å²) >= 11 is 0. The summed E-state index contributed by atoms with van der Waals surface area (Å²) in [5, 5.41) is 2.46. The van der Waals surface area contributed by atoms with Gasteiger partial charge in [0.2, 0.25) is 6.08 Å². The normalized spacial score (nSPS) is 11.7. The fraction of sp³-hybridized carbons (Fsp3) is 0.208. The van der Waals surface area contributed by atoms with Crippen molar-refractivity contribution in [3.05, 3.63) is 90.5 Å². The van der Waals surface area contributed by atoms with E-state index in [1.54, 1.807) is 6.08 Å². The van der Waals surface area contributed by atoms with Gasteiger partial charge < -0.3 is 4.43 Å². The molecule has 0 fully saturated rings. The molecule has 0 bridgehead atoms. The molecular weight excluding hydrogens is 362 g/mol. The Bertz CT molecular complexity index is 902. The van der Waals surface area contributed by atoms with Crippen LogP contribution in [0.2, 0.25) is 5.04 Å². The van der Waals surface area contributed by atoms with Gasteiger partial charge in [-0.1, -0.05) is 93.6 Å². The lowest BCUT2D eigenvalue weighted by atomic mass is 10.2. The van der Waals surface area contributed by atoms with Gasteiger partial charge in [0.15, 0.2) is 0 Å². The molecule has 142 valence electrons. The quantitative estimate of drug-likeness (QED) is 0.348. The summed E-state index contributed by atoms with van der Waals surface area (Å²) in [6.45, 7) is 7.29. The molecule has 0 aliphatic carbocycles. The lowest BCUT2D eigenvalue weighted by Crippen LogP contribution is -2.66. The highest BCUT2D eigenvalue weighted by atomic mass is 28.4. The SMILES string of the molecule is CC(C)(C)[Si](OCc1ccc(N=C=O)cc1)(c1ccccc1)c1ccccc1. The Hall–Kier alpha value is -2.78. The molecular formula is C24H25NO2Si. The Morgan fingerprint density at radius 3 is 1.75 bits per heavy atom. The van der Waals surface area contributed by atoms with Crippen molar-refractivity contribution >= 4 is 30.5 Å². The van der Waals surface area contributed by atoms with Crippen molar-refractivity contribution < 1.29 is 9.22 Å². The van der Waals surface area contributed by atoms with E-state index in [1.165, 1.54) is 10.4 Å². The Labute approximate surface area is 167 Å². The zero-order valence-corrected chi connectivity index (χ0v) is 17.6. The summed E-state index contributed by atoms with van der Waals surface area (Å²) in [7, 11) is -2.55. The number of carbonyl (C=O) groups excluding carboxylic acids is 1. The van der Waals surface area contributed by atoms with Crippen molar-refractivity contribution in [3.8, 4) is 0 Å². The third kappa shape index (κ3) is 4.05. The van der Waals surface area contributed by atoms with Crippen LogP contribution >= 0.6 is 0 Å². The standard InChI is InChI=1S/C24H25NO2Si/c1-24(2,3)28(22-10-6-4-7-11-22,23-12-8-5-9-13-23)27-18-20-14-16-21(17-15-20)25-19-26/h4-17H,18H2,1-3H3. The van der Waals surface area contributed by atoms with Crippen LogP contribution in [0.4, 0.5) is 5.69 Å². The third-order valence-electron chi connectivity index (χ3n) is 4.98. The fourth-order valence-corrected chi connectivity index (χ4v) is 8.21. The van der Waals surface area contributed by atoms with Crippen molar-refractivity contribution in [2.75, 3.05) is 0 Å². The van der Waals surface area contributed by atoms with E-state index in [2.05, 4.69) is 74.3 Å². The number of rotatable bonds is 6. The summed E-state index contributed by atoms with van der Waals surface area (Å²) in [4.78, 5) is 14.1. The summed E-state index contributed by atoms with van der Waals surface area (Å²) < 4.78 is 6.88. The van der Waals surface area contributed by atoms with Crippen LogP contribution in [0.15, 0.2) is 89.9 Å². The van der Waals surface area contributed by atoms with Gasteiger partial charge in [-0.25, -0.2) is 4.79 Å². The first kappa shape index (κ1) is 20.0. The molecule has 0 N–H and O–H groups in total. The Balaban J connectivity index is 2.04. The van der Waals surface area contributed by atoms with E-state index < -0.39 is 8.32 Å². The molecule has 0 aliphatic heterocycles. The monoisotopic (exact) mass is 387 g/mol. The minimum Gasteiger partial charge on any atom is -0.403 e. The van der Waals surface area contributed by atoms with Gasteiger partial charge in [0.1, 0.15) is 0 Å². The van der Waals surface area contributed by atoms with Crippen molar-refractivity contribution in [2.45, 2.75) is 32.4 Å². The molecule has 4 heteroatoms. The first-order valence-electron chi connectivity index (χ1n) is 9.39. The van der Waals surface area contributed by atoms with E-state index in [9.17, 15) is 4.79 Å². The smallest absolute Gasteiger partial charge is 0.261 e. The zero-order valence-electron chi connectivity index (χ0n) is 16.6. The van der Waals surface area contributed by atoms with Gasteiger partial charge in [-0.2, -0.15) is 4.99 Å². The summed E-state index contributed by atoms with van der Waals surface area (Å²) in [5.74, 6) is 0. The number of hydrogen-bond donors (Lipinski definition) is 0. The first-order valence-corrected chi connectivity index (χ1v) is 11.3. The van der Waals surface area contributed by atoms with Crippen LogP contribution in [-0.4, -0.2) is 14.4 Å². The highest BCUT2D eigenvalue weighted by Crippen LogP contribution is 2.37. The maximum absolute atomic E-state index is 10.4. The molecule has 0 atom stereocenters. The van der Waals surface area contributed by atoms with Gasteiger partial charge in [0, 0.05) is 0 Å². The summed E-state index contributed by atoms with van der Waals surface area (Å²) in [5.41, 5.74) is 1.65. The van der Waals surface area contributed by atoms with E-state index in [1.807, 2.05) is 36.4 Å². The number of nitrogens with zero attached hydrogens (tertiary/aromatic N) is 1. The predicted octanol–water partition coefficient (Wildman–Crippen LogP) is 4.73. The largest absolute Gasteiger partial charge is 0.403 e. The van der Waals surface area contributed by atoms with Crippen molar-refractivity contribution in [3.63, 3.8) is 0 Å². The van der Waals surface area contributed by atoms with Crippen LogP contribution in [0.5, 0.6) is 0 Å². The molecule has 0 saturated carbocycles. The molecule has 3 rings (SSSR count). The van der Waals surface area contributed by atoms with Crippen LogP contribution in [0.25, 0.3) is 0 Å². The average Bonchev–Trinajstić information content (AvgIpc) is 2.70. The molecule has 28 heavy (non-hydrogen) atoms. The molecule has 0 aromatic heterocycles. The first-order chi connectivity index (χ1) is 13.5. The molecule has 0 aliphatic rings. The average molecular weight is 388 g/mol. The van der Waals surface area contributed by atoms with Gasteiger partial charge in [-0.3, -0.25) is 0 Å². The lowest BCUT2D eigenvalue weighted by molar-refractivity contribution is 0.286. The van der Waals surface area contributed by atoms with E-state index >= 15 is 0 Å². The van der Waals surface area contributed by atoms with Crippen molar-refractivity contribution in [1.82, 2.24) is 0 Å². The van der Waals surface area contributed by atoms with Gasteiger partial charge >= 0.3 is 0 Å². The van der Waals surface area contributed by atoms with Crippen LogP contribution in [-0.2, 0) is 15.8 Å². The van der Waals surface area contributed by atoms with Crippen molar-refractivity contribution in [1.29, 1.82) is 0 Å². The van der Waals surface area contributed by atoms with E-state index in [-0.39, 0.29) is 5.04 Å². The molecule has 3 aromatic rings. The van der Waals surface area contributed by atoms with Gasteiger partial charge in [0.05, 0.1) is 12.3 Å². The molecule has 0 unspecified atom stereocenters. The molecule has 3 nitrogen and oxygen atoms in total. The highest BCUT2D eigenvalue weighted by molar-refractivity contribution is 6.99. The second-order valence-corrected chi connectivity index (χ2v) is 12.1. The summed E-state index contributed by atoms with van der Waals surface area (Å²) in [6, 6.07) is 28.7. The summed E-state index contributed by atoms with van der Waals surface area (Å²) in [6.07, 6.45) is 1.57. The maximum atomic E-state index is 10.4. The van der Waals surface area contributed by atoms with E-state index in [0.29, 0.717) is 12.3 Å². The Morgan fingerprint density at radius 2 is 1.32 bits per heavy atom. The number of hydrogen-bond acceptors (Lipinski definition) is 3. The van der Waals surface area contributed by atoms with E-state index in [4.69, 9.17) is 4.43 Å². The van der Waals surface area contributed by atoms with Crippen molar-refractivity contribution in [2.24, 2.45) is 4.99 Å². The molecule has 0 spiro atoms. The zero-order chi connectivity index (χ0) is 20.0. The lowest BCUT2D eigenvalue weighted by Gasteiger charge is -2.43. The molecule has 0 radical (unpaired) electrons. The maximum Gasteiger partial charge on any atom is 0.261 e. The second kappa shape index (κ2) is 8.49. The molecule has 3 aromatic carbocycles. The van der Waals surface area contributed by atoms with Crippen LogP contribution in [0.1, 0.15) is 26.3 Å². The molecule has 0 amide bonds. The minimum atomic E-state index is -2.55. The van der Waals surface area contributed by atoms with Gasteiger partial charge in [-0.05, 0) is 33.1 Å². The number of isocyanates is 1. The Morgan fingerprint density at radius 1 is 0.821 bits per heavy atom. The Kier molecular flexibility index (Phi) is 6.05. The van der Waals surface area contributed by atoms with E-state index in [0.717, 1.165) is 5.56 Å². The van der Waals surface area contributed by atoms with Crippen LogP contribution in [0, 0.1) is 0 Å². The molecule has 0 heterocycles. The predicted molar refractivity (Wildman–Crippen MR) is 117 cm³/mol. The van der Waals surface area contributed by atoms with Crippen LogP contribution < -0.4 is 10.4 Å².